The Morgan fingerprint density at radius 2 is 1.88 bits per heavy atom. The van der Waals surface area contributed by atoms with Crippen LogP contribution in [-0.2, 0) is 9.63 Å². The number of nitrogens with zero attached hydrogens (tertiary/aromatic N) is 1. The highest BCUT2D eigenvalue weighted by molar-refractivity contribution is 5.81. The van der Waals surface area contributed by atoms with Gasteiger partial charge in [-0.05, 0) is 39.0 Å². The number of carbonyl (C=O) groups is 1. The minimum atomic E-state index is -0.810. The highest BCUT2D eigenvalue weighted by atomic mass is 16.6. The molecule has 0 amide bonds. The highest BCUT2D eigenvalue weighted by Crippen LogP contribution is 2.09. The van der Waals surface area contributed by atoms with Crippen molar-refractivity contribution in [2.24, 2.45) is 5.16 Å². The molecule has 0 bridgehead atoms. The molecule has 16 heavy (non-hydrogen) atoms. The normalized spacial score (nSPS) is 13.6. The Labute approximate surface area is 96.1 Å². The van der Waals surface area contributed by atoms with Crippen molar-refractivity contribution in [3.63, 3.8) is 0 Å². The summed E-state index contributed by atoms with van der Waals surface area (Å²) in [5.74, 6) is -0.810. The van der Waals surface area contributed by atoms with Crippen molar-refractivity contribution >= 4 is 11.7 Å². The van der Waals surface area contributed by atoms with Crippen molar-refractivity contribution in [1.82, 2.24) is 0 Å². The van der Waals surface area contributed by atoms with E-state index < -0.39 is 12.1 Å². The summed E-state index contributed by atoms with van der Waals surface area (Å²) >= 11 is 0. The molecule has 0 aromatic rings. The summed E-state index contributed by atoms with van der Waals surface area (Å²) in [4.78, 5) is 14.9. The van der Waals surface area contributed by atoms with Crippen LogP contribution in [0, 0.1) is 0 Å². The Balaban J connectivity index is 3.46. The van der Waals surface area contributed by atoms with Crippen LogP contribution in [0.2, 0.25) is 0 Å². The summed E-state index contributed by atoms with van der Waals surface area (Å²) in [6.45, 7) is 1.88. The van der Waals surface area contributed by atoms with Gasteiger partial charge in [-0.15, -0.1) is 0 Å². The van der Waals surface area contributed by atoms with Crippen molar-refractivity contribution in [2.45, 2.75) is 51.6 Å². The topological polar surface area (TPSA) is 79.1 Å². The lowest BCUT2D eigenvalue weighted by molar-refractivity contribution is -0.137. The Kier molecular flexibility index (Phi) is 8.52. The number of aliphatic hydroxyl groups excluding tert-OH is 1. The third-order valence-electron chi connectivity index (χ3n) is 2.25. The zero-order valence-corrected chi connectivity index (χ0v) is 9.98. The summed E-state index contributed by atoms with van der Waals surface area (Å²) in [7, 11) is 1.50. The second kappa shape index (κ2) is 9.15. The van der Waals surface area contributed by atoms with E-state index in [4.69, 9.17) is 5.11 Å². The quantitative estimate of drug-likeness (QED) is 0.468. The maximum atomic E-state index is 10.2. The fraction of sp³-hybridized carbons (Fsp3) is 0.818. The van der Waals surface area contributed by atoms with Crippen molar-refractivity contribution in [3.8, 4) is 0 Å². The smallest absolute Gasteiger partial charge is 0.303 e. The Morgan fingerprint density at radius 3 is 2.38 bits per heavy atom. The fourth-order valence-electron chi connectivity index (χ4n) is 1.43. The molecular weight excluding hydrogens is 210 g/mol. The maximum Gasteiger partial charge on any atom is 0.303 e. The minimum Gasteiger partial charge on any atom is -0.481 e. The molecule has 0 saturated carbocycles. The van der Waals surface area contributed by atoms with E-state index in [2.05, 4.69) is 9.99 Å². The average molecular weight is 231 g/mol. The molecule has 2 N–H and O–H groups in total. The first kappa shape index (κ1) is 14.9. The second-order valence-corrected chi connectivity index (χ2v) is 3.84. The van der Waals surface area contributed by atoms with Crippen LogP contribution in [0.5, 0.6) is 0 Å². The lowest BCUT2D eigenvalue weighted by atomic mass is 10.0. The molecule has 5 nitrogen and oxygen atoms in total. The lowest BCUT2D eigenvalue weighted by Crippen LogP contribution is -2.08. The molecule has 0 aliphatic carbocycles. The highest BCUT2D eigenvalue weighted by Gasteiger charge is 2.06. The number of aliphatic hydroxyl groups is 1. The molecule has 0 aromatic carbocycles. The number of oxime groups is 1. The summed E-state index contributed by atoms with van der Waals surface area (Å²) < 4.78 is 0. The van der Waals surface area contributed by atoms with E-state index in [0.29, 0.717) is 19.3 Å². The van der Waals surface area contributed by atoms with E-state index in [1.54, 1.807) is 0 Å². The van der Waals surface area contributed by atoms with E-state index in [0.717, 1.165) is 18.6 Å². The molecule has 0 heterocycles. The van der Waals surface area contributed by atoms with E-state index >= 15 is 0 Å². The number of hydrogen-bond donors (Lipinski definition) is 2. The van der Waals surface area contributed by atoms with E-state index in [-0.39, 0.29) is 6.42 Å². The largest absolute Gasteiger partial charge is 0.481 e. The predicted octanol–water partition coefficient (Wildman–Crippen LogP) is 1.79. The van der Waals surface area contributed by atoms with Crippen LogP contribution in [0.4, 0.5) is 0 Å². The molecule has 1 atom stereocenters. The zero-order valence-electron chi connectivity index (χ0n) is 9.98. The number of rotatable bonds is 9. The van der Waals surface area contributed by atoms with Gasteiger partial charge in [-0.25, -0.2) is 0 Å². The molecule has 0 aromatic heterocycles. The molecule has 0 aliphatic heterocycles. The van der Waals surface area contributed by atoms with Gasteiger partial charge in [0.05, 0.1) is 11.8 Å². The van der Waals surface area contributed by atoms with E-state index in [1.165, 1.54) is 7.11 Å². The first-order valence-corrected chi connectivity index (χ1v) is 5.52. The van der Waals surface area contributed by atoms with E-state index in [1.807, 2.05) is 6.92 Å². The van der Waals surface area contributed by atoms with Gasteiger partial charge in [0.15, 0.2) is 0 Å². The molecule has 0 spiro atoms. The molecule has 0 saturated heterocycles. The van der Waals surface area contributed by atoms with Crippen LogP contribution in [0.3, 0.4) is 0 Å². The fourth-order valence-corrected chi connectivity index (χ4v) is 1.43. The number of hydrogen-bond acceptors (Lipinski definition) is 4. The molecule has 5 heteroatoms. The minimum absolute atomic E-state index is 0.126. The first-order chi connectivity index (χ1) is 7.56. The average Bonchev–Trinajstić information content (AvgIpc) is 2.17. The molecule has 0 radical (unpaired) electrons. The summed E-state index contributed by atoms with van der Waals surface area (Å²) in [6.07, 6.45) is 3.11. The third kappa shape index (κ3) is 9.45. The Hall–Kier alpha value is -1.10. The summed E-state index contributed by atoms with van der Waals surface area (Å²) in [6, 6.07) is 0. The van der Waals surface area contributed by atoms with Gasteiger partial charge >= 0.3 is 5.97 Å². The van der Waals surface area contributed by atoms with Crippen LogP contribution in [-0.4, -0.2) is 35.1 Å². The van der Waals surface area contributed by atoms with Gasteiger partial charge in [0, 0.05) is 6.42 Å². The lowest BCUT2D eigenvalue weighted by Gasteiger charge is -2.08. The van der Waals surface area contributed by atoms with Gasteiger partial charge in [0.2, 0.25) is 0 Å². The second-order valence-electron chi connectivity index (χ2n) is 3.84. The summed E-state index contributed by atoms with van der Waals surface area (Å²) in [5, 5.41) is 21.7. The Bertz CT molecular complexity index is 228. The molecular formula is C11H21NO4. The van der Waals surface area contributed by atoms with Gasteiger partial charge in [-0.2, -0.15) is 0 Å². The molecule has 0 fully saturated rings. The van der Waals surface area contributed by atoms with Crippen LogP contribution in [0.25, 0.3) is 0 Å². The summed E-state index contributed by atoms with van der Waals surface area (Å²) in [5.41, 5.74) is 0.903. The van der Waals surface area contributed by atoms with E-state index in [9.17, 15) is 9.90 Å². The standard InChI is InChI=1S/C11H21NO4/c1-9(12-16-2)5-3-6-10(13)7-4-8-11(14)15/h10,13H,3-8H2,1-2H3,(H,14,15)/b12-9-. The van der Waals surface area contributed by atoms with Crippen molar-refractivity contribution in [3.05, 3.63) is 0 Å². The molecule has 0 rings (SSSR count). The third-order valence-corrected chi connectivity index (χ3v) is 2.25. The first-order valence-electron chi connectivity index (χ1n) is 5.52. The molecule has 94 valence electrons. The van der Waals surface area contributed by atoms with Crippen LogP contribution < -0.4 is 0 Å². The zero-order chi connectivity index (χ0) is 12.4. The predicted molar refractivity (Wildman–Crippen MR) is 61.5 cm³/mol. The van der Waals surface area contributed by atoms with Crippen molar-refractivity contribution < 1.29 is 19.8 Å². The van der Waals surface area contributed by atoms with Crippen LogP contribution in [0.1, 0.15) is 45.4 Å². The Morgan fingerprint density at radius 1 is 1.31 bits per heavy atom. The number of aliphatic carboxylic acids is 1. The van der Waals surface area contributed by atoms with Gasteiger partial charge in [0.25, 0.3) is 0 Å². The monoisotopic (exact) mass is 231 g/mol. The maximum absolute atomic E-state index is 10.2. The number of carboxylic acids is 1. The van der Waals surface area contributed by atoms with Crippen LogP contribution in [0.15, 0.2) is 5.16 Å². The van der Waals surface area contributed by atoms with Crippen LogP contribution >= 0.6 is 0 Å². The van der Waals surface area contributed by atoms with Crippen molar-refractivity contribution in [1.29, 1.82) is 0 Å². The van der Waals surface area contributed by atoms with Gasteiger partial charge in [-0.3, -0.25) is 4.79 Å². The van der Waals surface area contributed by atoms with Crippen molar-refractivity contribution in [2.75, 3.05) is 7.11 Å². The number of carboxylic acid groups (broad SMARTS) is 1. The van der Waals surface area contributed by atoms with Gasteiger partial charge in [-0.1, -0.05) is 5.16 Å². The molecule has 1 unspecified atom stereocenters. The SMILES string of the molecule is CO/N=C(/C)CCCC(O)CCCC(=O)O. The van der Waals surface area contributed by atoms with Gasteiger partial charge < -0.3 is 15.1 Å². The van der Waals surface area contributed by atoms with Gasteiger partial charge in [0.1, 0.15) is 7.11 Å². The molecule has 0 aliphatic rings.